The fourth-order valence-corrected chi connectivity index (χ4v) is 1.96. The lowest BCUT2D eigenvalue weighted by Gasteiger charge is -2.32. The number of rotatable bonds is 5. The first-order valence-corrected chi connectivity index (χ1v) is 5.37. The molecule has 1 aliphatic rings. The molecular formula is C10H22N2O. The van der Waals surface area contributed by atoms with Crippen LogP contribution in [-0.4, -0.2) is 44.3 Å². The topological polar surface area (TPSA) is 38.5 Å². The van der Waals surface area contributed by atoms with E-state index in [0.717, 1.165) is 32.2 Å². The molecule has 0 unspecified atom stereocenters. The van der Waals surface area contributed by atoms with E-state index in [0.29, 0.717) is 0 Å². The van der Waals surface area contributed by atoms with Crippen molar-refractivity contribution in [2.45, 2.75) is 19.8 Å². The Labute approximate surface area is 81.2 Å². The number of ether oxygens (including phenoxy) is 1. The van der Waals surface area contributed by atoms with Gasteiger partial charge in [-0.15, -0.1) is 0 Å². The van der Waals surface area contributed by atoms with E-state index in [4.69, 9.17) is 10.5 Å². The van der Waals surface area contributed by atoms with E-state index < -0.39 is 0 Å². The first-order chi connectivity index (χ1) is 6.36. The molecule has 1 atom stereocenters. The van der Waals surface area contributed by atoms with E-state index in [9.17, 15) is 0 Å². The molecule has 1 aliphatic heterocycles. The van der Waals surface area contributed by atoms with Crippen LogP contribution in [0.15, 0.2) is 0 Å². The van der Waals surface area contributed by atoms with Gasteiger partial charge in [-0.1, -0.05) is 0 Å². The Morgan fingerprint density at radius 1 is 1.54 bits per heavy atom. The minimum atomic E-state index is 0.736. The highest BCUT2D eigenvalue weighted by Crippen LogP contribution is 2.15. The fraction of sp³-hybridized carbons (Fsp3) is 1.00. The summed E-state index contributed by atoms with van der Waals surface area (Å²) in [5.41, 5.74) is 5.53. The fourth-order valence-electron chi connectivity index (χ4n) is 1.96. The first-order valence-electron chi connectivity index (χ1n) is 5.37. The number of hydrogen-bond donors (Lipinski definition) is 1. The molecular weight excluding hydrogens is 164 g/mol. The van der Waals surface area contributed by atoms with E-state index in [1.54, 1.807) is 0 Å². The van der Waals surface area contributed by atoms with Crippen LogP contribution in [0.25, 0.3) is 0 Å². The van der Waals surface area contributed by atoms with Gasteiger partial charge < -0.3 is 15.4 Å². The maximum atomic E-state index is 5.53. The molecule has 3 nitrogen and oxygen atoms in total. The van der Waals surface area contributed by atoms with Gasteiger partial charge in [-0.3, -0.25) is 0 Å². The van der Waals surface area contributed by atoms with Crippen molar-refractivity contribution in [3.63, 3.8) is 0 Å². The van der Waals surface area contributed by atoms with Gasteiger partial charge in [0.05, 0.1) is 6.61 Å². The molecule has 0 aliphatic carbocycles. The summed E-state index contributed by atoms with van der Waals surface area (Å²) in [7, 11) is 0. The zero-order valence-electron chi connectivity index (χ0n) is 8.67. The number of piperidine rings is 1. The van der Waals surface area contributed by atoms with Crippen molar-refractivity contribution in [2.24, 2.45) is 11.7 Å². The monoisotopic (exact) mass is 186 g/mol. The largest absolute Gasteiger partial charge is 0.381 e. The lowest BCUT2D eigenvalue weighted by molar-refractivity contribution is 0.0682. The summed E-state index contributed by atoms with van der Waals surface area (Å²) in [5, 5.41) is 0. The van der Waals surface area contributed by atoms with Crippen LogP contribution in [0.2, 0.25) is 0 Å². The van der Waals surface area contributed by atoms with Crippen LogP contribution in [0, 0.1) is 5.92 Å². The molecule has 1 saturated heterocycles. The van der Waals surface area contributed by atoms with Crippen molar-refractivity contribution in [2.75, 3.05) is 39.4 Å². The number of nitrogens with two attached hydrogens (primary N) is 1. The Morgan fingerprint density at radius 2 is 2.38 bits per heavy atom. The van der Waals surface area contributed by atoms with Crippen molar-refractivity contribution in [1.29, 1.82) is 0 Å². The smallest absolute Gasteiger partial charge is 0.0506 e. The van der Waals surface area contributed by atoms with Gasteiger partial charge in [-0.05, 0) is 32.2 Å². The summed E-state index contributed by atoms with van der Waals surface area (Å²) >= 11 is 0. The quantitative estimate of drug-likeness (QED) is 0.686. The van der Waals surface area contributed by atoms with Crippen molar-refractivity contribution >= 4 is 0 Å². The molecule has 0 radical (unpaired) electrons. The molecule has 0 spiro atoms. The molecule has 0 aromatic carbocycles. The molecule has 1 heterocycles. The van der Waals surface area contributed by atoms with E-state index in [2.05, 4.69) is 11.8 Å². The molecule has 0 bridgehead atoms. The third-order valence-corrected chi connectivity index (χ3v) is 2.61. The summed E-state index contributed by atoms with van der Waals surface area (Å²) in [6.45, 7) is 8.05. The van der Waals surface area contributed by atoms with Crippen LogP contribution in [0.3, 0.4) is 0 Å². The Bertz CT molecular complexity index is 128. The highest BCUT2D eigenvalue weighted by molar-refractivity contribution is 4.72. The Kier molecular flexibility index (Phi) is 5.35. The average Bonchev–Trinajstić information content (AvgIpc) is 2.16. The van der Waals surface area contributed by atoms with Gasteiger partial charge in [-0.2, -0.15) is 0 Å². The second kappa shape index (κ2) is 6.35. The van der Waals surface area contributed by atoms with Crippen LogP contribution in [-0.2, 0) is 4.74 Å². The van der Waals surface area contributed by atoms with Crippen molar-refractivity contribution in [3.05, 3.63) is 0 Å². The molecule has 0 saturated carbocycles. The number of hydrogen-bond acceptors (Lipinski definition) is 3. The summed E-state index contributed by atoms with van der Waals surface area (Å²) in [6, 6.07) is 0. The highest BCUT2D eigenvalue weighted by Gasteiger charge is 2.18. The minimum absolute atomic E-state index is 0.736. The van der Waals surface area contributed by atoms with Crippen LogP contribution in [0.4, 0.5) is 0 Å². The minimum Gasteiger partial charge on any atom is -0.381 e. The van der Waals surface area contributed by atoms with Gasteiger partial charge in [0.1, 0.15) is 0 Å². The van der Waals surface area contributed by atoms with Gasteiger partial charge in [0, 0.05) is 26.2 Å². The third-order valence-electron chi connectivity index (χ3n) is 2.61. The van der Waals surface area contributed by atoms with E-state index in [-0.39, 0.29) is 0 Å². The van der Waals surface area contributed by atoms with Crippen molar-refractivity contribution in [3.8, 4) is 0 Å². The standard InChI is InChI=1S/C10H22N2O/c1-2-13-9-10-4-3-6-12(8-10)7-5-11/h10H,2-9,11H2,1H3/t10-/m1/s1. The zero-order chi connectivity index (χ0) is 9.52. The van der Waals surface area contributed by atoms with Gasteiger partial charge in [-0.25, -0.2) is 0 Å². The normalized spacial score (nSPS) is 24.9. The molecule has 78 valence electrons. The highest BCUT2D eigenvalue weighted by atomic mass is 16.5. The number of nitrogens with zero attached hydrogens (tertiary/aromatic N) is 1. The Hall–Kier alpha value is -0.120. The average molecular weight is 186 g/mol. The molecule has 1 rings (SSSR count). The summed E-state index contributed by atoms with van der Waals surface area (Å²) in [4.78, 5) is 2.45. The van der Waals surface area contributed by atoms with Crippen molar-refractivity contribution in [1.82, 2.24) is 4.90 Å². The molecule has 13 heavy (non-hydrogen) atoms. The van der Waals surface area contributed by atoms with Gasteiger partial charge in [0.15, 0.2) is 0 Å². The molecule has 0 aromatic rings. The van der Waals surface area contributed by atoms with E-state index >= 15 is 0 Å². The first kappa shape index (κ1) is 11.0. The van der Waals surface area contributed by atoms with Crippen LogP contribution in [0.1, 0.15) is 19.8 Å². The summed E-state index contributed by atoms with van der Waals surface area (Å²) in [5.74, 6) is 0.736. The van der Waals surface area contributed by atoms with Gasteiger partial charge in [0.25, 0.3) is 0 Å². The lowest BCUT2D eigenvalue weighted by Crippen LogP contribution is -2.39. The maximum Gasteiger partial charge on any atom is 0.0506 e. The molecule has 2 N–H and O–H groups in total. The third kappa shape index (κ3) is 4.07. The second-order valence-electron chi connectivity index (χ2n) is 3.76. The van der Waals surface area contributed by atoms with E-state index in [1.807, 2.05) is 0 Å². The van der Waals surface area contributed by atoms with Crippen LogP contribution in [0.5, 0.6) is 0 Å². The lowest BCUT2D eigenvalue weighted by atomic mass is 9.99. The van der Waals surface area contributed by atoms with Gasteiger partial charge in [0.2, 0.25) is 0 Å². The summed E-state index contributed by atoms with van der Waals surface area (Å²) < 4.78 is 5.44. The molecule has 0 aromatic heterocycles. The Morgan fingerprint density at radius 3 is 3.08 bits per heavy atom. The van der Waals surface area contributed by atoms with Crippen LogP contribution >= 0.6 is 0 Å². The predicted octanol–water partition coefficient (Wildman–Crippen LogP) is 0.694. The maximum absolute atomic E-state index is 5.53. The zero-order valence-corrected chi connectivity index (χ0v) is 8.67. The summed E-state index contributed by atoms with van der Waals surface area (Å²) in [6.07, 6.45) is 2.62. The Balaban J connectivity index is 2.16. The molecule has 1 fully saturated rings. The molecule has 3 heteroatoms. The van der Waals surface area contributed by atoms with Crippen LogP contribution < -0.4 is 5.73 Å². The van der Waals surface area contributed by atoms with Gasteiger partial charge >= 0.3 is 0 Å². The van der Waals surface area contributed by atoms with Crippen molar-refractivity contribution < 1.29 is 4.74 Å². The predicted molar refractivity (Wildman–Crippen MR) is 54.7 cm³/mol. The second-order valence-corrected chi connectivity index (χ2v) is 3.76. The van der Waals surface area contributed by atoms with E-state index in [1.165, 1.54) is 25.9 Å². The SMILES string of the molecule is CCOC[C@@H]1CCCN(CCN)C1. The number of likely N-dealkylation sites (tertiary alicyclic amines) is 1. The molecule has 0 amide bonds.